The van der Waals surface area contributed by atoms with E-state index in [0.717, 1.165) is 5.56 Å². The summed E-state index contributed by atoms with van der Waals surface area (Å²) in [6.45, 7) is 0. The summed E-state index contributed by atoms with van der Waals surface area (Å²) in [6, 6.07) is 12.5. The Balaban J connectivity index is 1.75. The fourth-order valence-corrected chi connectivity index (χ4v) is 2.30. The number of nitrogens with zero attached hydrogens (tertiary/aromatic N) is 1. The van der Waals surface area contributed by atoms with Gasteiger partial charge in [-0.1, -0.05) is 23.7 Å². The van der Waals surface area contributed by atoms with Gasteiger partial charge in [0.1, 0.15) is 0 Å². The number of halogens is 1. The minimum atomic E-state index is -0.525. The molecule has 144 valence electrons. The first kappa shape index (κ1) is 21.0. The van der Waals surface area contributed by atoms with Gasteiger partial charge in [-0.05, 0) is 53.7 Å². The first-order valence-corrected chi connectivity index (χ1v) is 8.69. The molecule has 0 aliphatic heterocycles. The van der Waals surface area contributed by atoms with Gasteiger partial charge in [-0.15, -0.1) is 0 Å². The molecule has 0 spiro atoms. The lowest BCUT2D eigenvalue weighted by Crippen LogP contribution is -2.48. The number of carbonyl (C=O) groups excluding carboxylic acids is 2. The summed E-state index contributed by atoms with van der Waals surface area (Å²) < 4.78 is 0. The van der Waals surface area contributed by atoms with Crippen molar-refractivity contribution in [2.75, 3.05) is 0 Å². The maximum atomic E-state index is 11.8. The number of hydrogen-bond donors (Lipinski definition) is 3. The van der Waals surface area contributed by atoms with Crippen LogP contribution in [-0.4, -0.2) is 21.9 Å². The number of hydrogen-bond acceptors (Lipinski definition) is 5. The van der Waals surface area contributed by atoms with E-state index in [-0.39, 0.29) is 23.1 Å². The van der Waals surface area contributed by atoms with Crippen molar-refractivity contribution >= 4 is 52.5 Å². The molecule has 0 radical (unpaired) electrons. The molecule has 0 aromatic heterocycles. The predicted molar refractivity (Wildman–Crippen MR) is 109 cm³/mol. The van der Waals surface area contributed by atoms with Crippen molar-refractivity contribution in [1.29, 1.82) is 0 Å². The number of nitrogens with one attached hydrogen (secondary N) is 3. The van der Waals surface area contributed by atoms with Crippen LogP contribution in [0, 0.1) is 10.1 Å². The molecule has 8 nitrogen and oxygen atoms in total. The van der Waals surface area contributed by atoms with Crippen LogP contribution in [0.1, 0.15) is 11.1 Å². The van der Waals surface area contributed by atoms with E-state index in [1.54, 1.807) is 24.3 Å². The number of non-ortho nitro benzene ring substituents is 1. The summed E-state index contributed by atoms with van der Waals surface area (Å²) in [5.74, 6) is -0.872. The van der Waals surface area contributed by atoms with Crippen molar-refractivity contribution in [3.8, 4) is 0 Å². The van der Waals surface area contributed by atoms with Gasteiger partial charge >= 0.3 is 0 Å². The third kappa shape index (κ3) is 7.14. The topological polar surface area (TPSA) is 113 Å². The van der Waals surface area contributed by atoms with Crippen LogP contribution < -0.4 is 16.2 Å². The number of rotatable bonds is 5. The molecule has 0 unspecified atom stereocenters. The zero-order valence-electron chi connectivity index (χ0n) is 14.3. The number of nitro groups is 1. The van der Waals surface area contributed by atoms with Gasteiger partial charge in [0.15, 0.2) is 5.11 Å². The summed E-state index contributed by atoms with van der Waals surface area (Å²) in [7, 11) is 0. The molecule has 3 N–H and O–H groups in total. The molecule has 2 aromatic carbocycles. The monoisotopic (exact) mass is 418 g/mol. The molecule has 0 bridgehead atoms. The van der Waals surface area contributed by atoms with Crippen LogP contribution in [0.2, 0.25) is 5.02 Å². The van der Waals surface area contributed by atoms with E-state index in [1.807, 2.05) is 0 Å². The van der Waals surface area contributed by atoms with Gasteiger partial charge in [0.2, 0.25) is 11.8 Å². The Morgan fingerprint density at radius 1 is 1.07 bits per heavy atom. The Labute approximate surface area is 170 Å². The number of hydrazine groups is 1. The van der Waals surface area contributed by atoms with E-state index < -0.39 is 10.8 Å². The number of amides is 2. The van der Waals surface area contributed by atoms with Crippen molar-refractivity contribution in [2.45, 2.75) is 6.42 Å². The second kappa shape index (κ2) is 10.1. The zero-order chi connectivity index (χ0) is 20.5. The average Bonchev–Trinajstić information content (AvgIpc) is 2.67. The van der Waals surface area contributed by atoms with E-state index in [4.69, 9.17) is 23.8 Å². The molecule has 2 rings (SSSR count). The molecule has 10 heteroatoms. The van der Waals surface area contributed by atoms with Gasteiger partial charge in [0.25, 0.3) is 5.69 Å². The molecule has 0 aliphatic rings. The Morgan fingerprint density at radius 3 is 2.32 bits per heavy atom. The number of carbonyl (C=O) groups is 2. The van der Waals surface area contributed by atoms with Gasteiger partial charge in [0.05, 0.1) is 11.3 Å². The summed E-state index contributed by atoms with van der Waals surface area (Å²) in [6.07, 6.45) is 2.80. The molecule has 0 fully saturated rings. The minimum absolute atomic E-state index is 0.0404. The van der Waals surface area contributed by atoms with Crippen molar-refractivity contribution in [3.63, 3.8) is 0 Å². The Kier molecular flexibility index (Phi) is 7.61. The van der Waals surface area contributed by atoms with Crippen molar-refractivity contribution in [3.05, 3.63) is 80.9 Å². The third-order valence-corrected chi connectivity index (χ3v) is 3.82. The fourth-order valence-electron chi connectivity index (χ4n) is 2.02. The second-order valence-electron chi connectivity index (χ2n) is 5.48. The Morgan fingerprint density at radius 2 is 1.71 bits per heavy atom. The molecule has 28 heavy (non-hydrogen) atoms. The quantitative estimate of drug-likeness (QED) is 0.297. The summed E-state index contributed by atoms with van der Waals surface area (Å²) in [5, 5.41) is 13.4. The van der Waals surface area contributed by atoms with Crippen LogP contribution in [0.15, 0.2) is 54.6 Å². The second-order valence-corrected chi connectivity index (χ2v) is 6.32. The fraction of sp³-hybridized carbons (Fsp3) is 0.0556. The molecule has 0 atom stereocenters. The number of thiocarbonyl (C=S) groups is 1. The van der Waals surface area contributed by atoms with Gasteiger partial charge < -0.3 is 0 Å². The highest BCUT2D eigenvalue weighted by Gasteiger charge is 2.06. The summed E-state index contributed by atoms with van der Waals surface area (Å²) in [5.41, 5.74) is 6.14. The molecule has 0 aliphatic carbocycles. The van der Waals surface area contributed by atoms with Crippen molar-refractivity contribution < 1.29 is 14.5 Å². The maximum Gasteiger partial charge on any atom is 0.269 e. The molecular formula is C18H15ClN4O4S. The average molecular weight is 419 g/mol. The van der Waals surface area contributed by atoms with Crippen LogP contribution in [0.4, 0.5) is 5.69 Å². The van der Waals surface area contributed by atoms with E-state index in [0.29, 0.717) is 10.6 Å². The molecule has 0 heterocycles. The zero-order valence-corrected chi connectivity index (χ0v) is 15.9. The van der Waals surface area contributed by atoms with E-state index in [1.165, 1.54) is 36.4 Å². The lowest BCUT2D eigenvalue weighted by atomic mass is 10.1. The Bertz CT molecular complexity index is 914. The van der Waals surface area contributed by atoms with Crippen LogP contribution in [-0.2, 0) is 16.0 Å². The molecule has 0 saturated heterocycles. The van der Waals surface area contributed by atoms with E-state index >= 15 is 0 Å². The van der Waals surface area contributed by atoms with Crippen LogP contribution in [0.5, 0.6) is 0 Å². The standard InChI is InChI=1S/C18H15ClN4O4S/c19-14-6-1-13(2-7-14)11-17(25)21-22-18(28)20-16(24)10-5-12-3-8-15(9-4-12)23(26)27/h1-10H,11H2,(H,21,25)(H2,20,22,24,28)/b10-5+. The number of nitro benzene ring substituents is 1. The third-order valence-electron chi connectivity index (χ3n) is 3.36. The Hall–Kier alpha value is -3.30. The van der Waals surface area contributed by atoms with Gasteiger partial charge in [0, 0.05) is 23.2 Å². The largest absolute Gasteiger partial charge is 0.298 e. The van der Waals surface area contributed by atoms with E-state index in [2.05, 4.69) is 16.2 Å². The maximum absolute atomic E-state index is 11.8. The molecular weight excluding hydrogens is 404 g/mol. The molecule has 0 saturated carbocycles. The number of benzene rings is 2. The van der Waals surface area contributed by atoms with Crippen LogP contribution >= 0.6 is 23.8 Å². The molecule has 2 aromatic rings. The van der Waals surface area contributed by atoms with Gasteiger partial charge in [-0.25, -0.2) is 0 Å². The van der Waals surface area contributed by atoms with Crippen molar-refractivity contribution in [2.24, 2.45) is 0 Å². The minimum Gasteiger partial charge on any atom is -0.298 e. The lowest BCUT2D eigenvalue weighted by Gasteiger charge is -2.09. The highest BCUT2D eigenvalue weighted by atomic mass is 35.5. The van der Waals surface area contributed by atoms with Crippen LogP contribution in [0.25, 0.3) is 6.08 Å². The summed E-state index contributed by atoms with van der Waals surface area (Å²) in [4.78, 5) is 33.7. The van der Waals surface area contributed by atoms with Crippen LogP contribution in [0.3, 0.4) is 0 Å². The predicted octanol–water partition coefficient (Wildman–Crippen LogP) is 2.53. The van der Waals surface area contributed by atoms with E-state index in [9.17, 15) is 19.7 Å². The first-order chi connectivity index (χ1) is 13.3. The van der Waals surface area contributed by atoms with Crippen molar-refractivity contribution in [1.82, 2.24) is 16.2 Å². The van der Waals surface area contributed by atoms with Gasteiger partial charge in [-0.2, -0.15) is 0 Å². The normalized spacial score (nSPS) is 10.3. The lowest BCUT2D eigenvalue weighted by molar-refractivity contribution is -0.384. The first-order valence-electron chi connectivity index (χ1n) is 7.90. The smallest absolute Gasteiger partial charge is 0.269 e. The molecule has 2 amide bonds. The highest BCUT2D eigenvalue weighted by molar-refractivity contribution is 7.80. The van der Waals surface area contributed by atoms with Gasteiger partial charge in [-0.3, -0.25) is 35.9 Å². The SMILES string of the molecule is O=C(/C=C/c1ccc([N+](=O)[O-])cc1)NC(=S)NNC(=O)Cc1ccc(Cl)cc1. The highest BCUT2D eigenvalue weighted by Crippen LogP contribution is 2.12. The summed E-state index contributed by atoms with van der Waals surface area (Å²) >= 11 is 10.7.